The summed E-state index contributed by atoms with van der Waals surface area (Å²) in [5, 5.41) is 6.46. The summed E-state index contributed by atoms with van der Waals surface area (Å²) in [6.45, 7) is 4.72. The molecule has 0 unspecified atom stereocenters. The summed E-state index contributed by atoms with van der Waals surface area (Å²) in [5.74, 6) is 0.933. The molecule has 0 aliphatic carbocycles. The molecule has 0 aromatic heterocycles. The second-order valence-electron chi connectivity index (χ2n) is 4.83. The van der Waals surface area contributed by atoms with E-state index in [0.717, 1.165) is 31.0 Å². The molecule has 0 bridgehead atoms. The highest BCUT2D eigenvalue weighted by atomic mass is 127. The van der Waals surface area contributed by atoms with Gasteiger partial charge in [0.2, 0.25) is 0 Å². The maximum absolute atomic E-state index is 10.7. The van der Waals surface area contributed by atoms with Gasteiger partial charge in [0.1, 0.15) is 5.75 Å². The summed E-state index contributed by atoms with van der Waals surface area (Å²) in [7, 11) is 1.66. The number of primary amides is 1. The molecule has 0 saturated heterocycles. The first-order valence-electron chi connectivity index (χ1n) is 7.67. The molecule has 8 heteroatoms. The Kier molecular flexibility index (Phi) is 13.0. The quantitative estimate of drug-likeness (QED) is 0.213. The minimum absolute atomic E-state index is 0. The lowest BCUT2D eigenvalue weighted by Crippen LogP contribution is -2.38. The van der Waals surface area contributed by atoms with Crippen molar-refractivity contribution in [2.24, 2.45) is 10.7 Å². The summed E-state index contributed by atoms with van der Waals surface area (Å²) in [5.41, 5.74) is 6.20. The Balaban J connectivity index is 0.00000529. The van der Waals surface area contributed by atoms with Crippen LogP contribution in [0.25, 0.3) is 0 Å². The Bertz CT molecular complexity index is 495. The van der Waals surface area contributed by atoms with Crippen LogP contribution in [0, 0.1) is 0 Å². The summed E-state index contributed by atoms with van der Waals surface area (Å²) in [6.07, 6.45) is 0.852. The van der Waals surface area contributed by atoms with E-state index in [-0.39, 0.29) is 30.6 Å². The fourth-order valence-corrected chi connectivity index (χ4v) is 1.82. The fourth-order valence-electron chi connectivity index (χ4n) is 1.82. The number of hydrogen-bond acceptors (Lipinski definition) is 4. The normalized spacial score (nSPS) is 10.7. The molecule has 136 valence electrons. The first-order chi connectivity index (χ1) is 11.2. The number of ether oxygens (including phenoxy) is 2. The zero-order valence-corrected chi connectivity index (χ0v) is 16.5. The molecule has 0 fully saturated rings. The third kappa shape index (κ3) is 10.3. The summed E-state index contributed by atoms with van der Waals surface area (Å²) < 4.78 is 10.2. The van der Waals surface area contributed by atoms with Crippen LogP contribution in [0.1, 0.15) is 12.5 Å². The number of rotatable bonds is 10. The molecular formula is C16H27IN4O3. The van der Waals surface area contributed by atoms with Crippen molar-refractivity contribution in [1.82, 2.24) is 10.6 Å². The van der Waals surface area contributed by atoms with Crippen LogP contribution >= 0.6 is 24.0 Å². The van der Waals surface area contributed by atoms with Crippen LogP contribution in [0.3, 0.4) is 0 Å². The van der Waals surface area contributed by atoms with Crippen molar-refractivity contribution in [2.75, 3.05) is 40.0 Å². The van der Waals surface area contributed by atoms with Gasteiger partial charge >= 0.3 is 0 Å². The molecule has 0 heterocycles. The number of amides is 1. The molecule has 24 heavy (non-hydrogen) atoms. The summed E-state index contributed by atoms with van der Waals surface area (Å²) >= 11 is 0. The number of carbonyl (C=O) groups is 1. The van der Waals surface area contributed by atoms with Gasteiger partial charge in [-0.25, -0.2) is 0 Å². The molecule has 7 nitrogen and oxygen atoms in total. The van der Waals surface area contributed by atoms with E-state index in [2.05, 4.69) is 15.6 Å². The van der Waals surface area contributed by atoms with Gasteiger partial charge in [-0.3, -0.25) is 9.79 Å². The van der Waals surface area contributed by atoms with Crippen LogP contribution in [-0.2, 0) is 16.0 Å². The van der Waals surface area contributed by atoms with Gasteiger partial charge in [0.25, 0.3) is 5.91 Å². The third-order valence-corrected chi connectivity index (χ3v) is 2.92. The van der Waals surface area contributed by atoms with E-state index in [4.69, 9.17) is 15.2 Å². The Morgan fingerprint density at radius 1 is 1.25 bits per heavy atom. The zero-order valence-electron chi connectivity index (χ0n) is 14.2. The summed E-state index contributed by atoms with van der Waals surface area (Å²) in [4.78, 5) is 15.1. The maximum atomic E-state index is 10.7. The molecule has 1 amide bonds. The lowest BCUT2D eigenvalue weighted by atomic mass is 10.1. The van der Waals surface area contributed by atoms with Gasteiger partial charge in [0, 0.05) is 20.2 Å². The van der Waals surface area contributed by atoms with E-state index >= 15 is 0 Å². The number of hydrogen-bond donors (Lipinski definition) is 3. The van der Waals surface area contributed by atoms with Crippen molar-refractivity contribution in [1.29, 1.82) is 0 Å². The van der Waals surface area contributed by atoms with E-state index in [1.807, 2.05) is 31.2 Å². The van der Waals surface area contributed by atoms with Crippen molar-refractivity contribution in [2.45, 2.75) is 13.3 Å². The molecule has 0 saturated carbocycles. The lowest BCUT2D eigenvalue weighted by Gasteiger charge is -2.11. The Hall–Kier alpha value is -1.55. The Morgan fingerprint density at radius 2 is 1.96 bits per heavy atom. The highest BCUT2D eigenvalue weighted by Crippen LogP contribution is 2.12. The molecule has 4 N–H and O–H groups in total. The van der Waals surface area contributed by atoms with Crippen molar-refractivity contribution < 1.29 is 14.3 Å². The highest BCUT2D eigenvalue weighted by molar-refractivity contribution is 14.0. The smallest absolute Gasteiger partial charge is 0.255 e. The number of halogens is 1. The van der Waals surface area contributed by atoms with Gasteiger partial charge in [-0.05, 0) is 31.0 Å². The van der Waals surface area contributed by atoms with Crippen LogP contribution in [0.2, 0.25) is 0 Å². The molecule has 0 aliphatic rings. The van der Waals surface area contributed by atoms with E-state index in [0.29, 0.717) is 18.9 Å². The number of carbonyl (C=O) groups excluding carboxylic acids is 1. The number of methoxy groups -OCH3 is 1. The van der Waals surface area contributed by atoms with Gasteiger partial charge in [0.15, 0.2) is 12.6 Å². The number of nitrogens with two attached hydrogens (primary N) is 1. The Morgan fingerprint density at radius 3 is 2.54 bits per heavy atom. The average Bonchev–Trinajstić information content (AvgIpc) is 2.54. The van der Waals surface area contributed by atoms with Crippen molar-refractivity contribution in [3.05, 3.63) is 29.8 Å². The van der Waals surface area contributed by atoms with Gasteiger partial charge in [-0.2, -0.15) is 0 Å². The minimum atomic E-state index is -0.484. The van der Waals surface area contributed by atoms with Crippen molar-refractivity contribution in [3.63, 3.8) is 0 Å². The van der Waals surface area contributed by atoms with Gasteiger partial charge in [-0.1, -0.05) is 12.1 Å². The Labute approximate surface area is 160 Å². The van der Waals surface area contributed by atoms with Crippen LogP contribution in [0.5, 0.6) is 5.75 Å². The molecule has 0 atom stereocenters. The van der Waals surface area contributed by atoms with Crippen LogP contribution in [0.4, 0.5) is 0 Å². The van der Waals surface area contributed by atoms with Gasteiger partial charge in [0.05, 0.1) is 13.2 Å². The fraction of sp³-hybridized carbons (Fsp3) is 0.500. The molecule has 1 aromatic rings. The summed E-state index contributed by atoms with van der Waals surface area (Å²) in [6, 6.07) is 7.59. The molecule has 0 radical (unpaired) electrons. The number of aliphatic imine (C=N–C) groups is 1. The van der Waals surface area contributed by atoms with Crippen molar-refractivity contribution in [3.8, 4) is 5.75 Å². The van der Waals surface area contributed by atoms with E-state index in [9.17, 15) is 4.79 Å². The second-order valence-corrected chi connectivity index (χ2v) is 4.83. The van der Waals surface area contributed by atoms with E-state index in [1.54, 1.807) is 7.11 Å². The number of benzene rings is 1. The molecule has 0 aliphatic heterocycles. The predicted octanol–water partition coefficient (Wildman–Crippen LogP) is 0.913. The number of guanidine groups is 1. The number of nitrogens with zero attached hydrogens (tertiary/aromatic N) is 1. The minimum Gasteiger partial charge on any atom is -0.484 e. The topological polar surface area (TPSA) is 98.0 Å². The van der Waals surface area contributed by atoms with Gasteiger partial charge < -0.3 is 25.8 Å². The van der Waals surface area contributed by atoms with Crippen LogP contribution in [0.15, 0.2) is 29.3 Å². The number of nitrogens with one attached hydrogen (secondary N) is 2. The monoisotopic (exact) mass is 450 g/mol. The molecule has 1 rings (SSSR count). The molecule has 1 aromatic carbocycles. The first-order valence-corrected chi connectivity index (χ1v) is 7.67. The van der Waals surface area contributed by atoms with Gasteiger partial charge in [-0.15, -0.1) is 24.0 Å². The predicted molar refractivity (Wildman–Crippen MR) is 106 cm³/mol. The molecule has 0 spiro atoms. The third-order valence-electron chi connectivity index (χ3n) is 2.92. The average molecular weight is 450 g/mol. The SMILES string of the molecule is CCNC(=NCCOC)NCCc1ccc(OCC(N)=O)cc1.I. The lowest BCUT2D eigenvalue weighted by molar-refractivity contribution is -0.119. The highest BCUT2D eigenvalue weighted by Gasteiger charge is 2.00. The standard InChI is InChI=1S/C16H26N4O3.HI/c1-3-18-16(20-10-11-22-2)19-9-8-13-4-6-14(7-5-13)23-12-15(17)21;/h4-7H,3,8-12H2,1-2H3,(H2,17,21)(H2,18,19,20);1H. The van der Waals surface area contributed by atoms with Crippen molar-refractivity contribution >= 4 is 35.8 Å². The molecular weight excluding hydrogens is 423 g/mol. The van der Waals surface area contributed by atoms with E-state index < -0.39 is 5.91 Å². The maximum Gasteiger partial charge on any atom is 0.255 e. The second kappa shape index (κ2) is 13.8. The largest absolute Gasteiger partial charge is 0.484 e. The van der Waals surface area contributed by atoms with Crippen LogP contribution < -0.4 is 21.1 Å². The van der Waals surface area contributed by atoms with E-state index in [1.165, 1.54) is 0 Å². The van der Waals surface area contributed by atoms with Crippen LogP contribution in [-0.4, -0.2) is 51.8 Å². The zero-order chi connectivity index (χ0) is 16.9. The first kappa shape index (κ1) is 22.4.